The van der Waals surface area contributed by atoms with E-state index in [1.165, 1.54) is 30.3 Å². The van der Waals surface area contributed by atoms with Gasteiger partial charge in [-0.05, 0) is 43.8 Å². The molecule has 0 aromatic heterocycles. The number of carbonyl (C=O) groups excluding carboxylic acids is 1. The number of halogens is 3. The Kier molecular flexibility index (Phi) is 6.41. The number of alkyl halides is 2. The second kappa shape index (κ2) is 8.53. The number of nitrogens with zero attached hydrogens (tertiary/aromatic N) is 1. The van der Waals surface area contributed by atoms with Crippen LogP contribution in [-0.4, -0.2) is 30.5 Å². The van der Waals surface area contributed by atoms with Crippen LogP contribution in [0.25, 0.3) is 0 Å². The molecule has 0 fully saturated rings. The van der Waals surface area contributed by atoms with Crippen LogP contribution in [0.3, 0.4) is 0 Å². The Balaban J connectivity index is 1.98. The van der Waals surface area contributed by atoms with Gasteiger partial charge in [-0.15, -0.1) is 0 Å². The molecule has 25 heavy (non-hydrogen) atoms. The number of nitrogens with one attached hydrogen (secondary N) is 1. The molecular formula is C18H19F3N2O2. The van der Waals surface area contributed by atoms with Crippen molar-refractivity contribution >= 4 is 11.6 Å². The summed E-state index contributed by atoms with van der Waals surface area (Å²) in [6.45, 7) is -0.874. The second-order valence-electron chi connectivity index (χ2n) is 5.59. The average molecular weight is 352 g/mol. The molecule has 4 nitrogen and oxygen atoms in total. The third-order valence-corrected chi connectivity index (χ3v) is 3.73. The van der Waals surface area contributed by atoms with Gasteiger partial charge in [0.1, 0.15) is 11.6 Å². The minimum atomic E-state index is -2.89. The van der Waals surface area contributed by atoms with E-state index >= 15 is 0 Å². The van der Waals surface area contributed by atoms with Crippen LogP contribution in [0.5, 0.6) is 5.75 Å². The van der Waals surface area contributed by atoms with Crippen molar-refractivity contribution in [3.05, 3.63) is 59.9 Å². The Bertz CT molecular complexity index is 725. The lowest BCUT2D eigenvalue weighted by Crippen LogP contribution is -2.39. The number of para-hydroxylation sites is 1. The van der Waals surface area contributed by atoms with Gasteiger partial charge in [0.25, 0.3) is 0 Å². The van der Waals surface area contributed by atoms with Crippen molar-refractivity contribution < 1.29 is 22.7 Å². The molecule has 0 bridgehead atoms. The summed E-state index contributed by atoms with van der Waals surface area (Å²) < 4.78 is 42.5. The van der Waals surface area contributed by atoms with Crippen molar-refractivity contribution in [3.63, 3.8) is 0 Å². The molecule has 7 heteroatoms. The Labute approximate surface area is 144 Å². The van der Waals surface area contributed by atoms with Gasteiger partial charge >= 0.3 is 6.61 Å². The van der Waals surface area contributed by atoms with Crippen LogP contribution in [0.2, 0.25) is 0 Å². The Morgan fingerprint density at radius 3 is 2.60 bits per heavy atom. The number of amides is 1. The molecule has 0 aliphatic carbocycles. The van der Waals surface area contributed by atoms with Crippen LogP contribution >= 0.6 is 0 Å². The number of rotatable bonds is 7. The van der Waals surface area contributed by atoms with E-state index in [1.807, 2.05) is 0 Å². The fourth-order valence-electron chi connectivity index (χ4n) is 2.24. The quantitative estimate of drug-likeness (QED) is 0.822. The zero-order valence-electron chi connectivity index (χ0n) is 13.9. The van der Waals surface area contributed by atoms with E-state index in [0.717, 1.165) is 0 Å². The summed E-state index contributed by atoms with van der Waals surface area (Å²) >= 11 is 0. The molecule has 0 aliphatic heterocycles. The Morgan fingerprint density at radius 1 is 1.20 bits per heavy atom. The molecule has 134 valence electrons. The summed E-state index contributed by atoms with van der Waals surface area (Å²) in [5.74, 6) is -0.820. The SMILES string of the molecule is CC(C(=O)Nc1ccccc1F)N(C)Cc1cccc(OC(F)F)c1. The lowest BCUT2D eigenvalue weighted by Gasteiger charge is -2.24. The number of hydrogen-bond acceptors (Lipinski definition) is 3. The summed E-state index contributed by atoms with van der Waals surface area (Å²) in [4.78, 5) is 14.0. The van der Waals surface area contributed by atoms with Crippen LogP contribution in [0, 0.1) is 5.82 Å². The third kappa shape index (κ3) is 5.49. The number of anilines is 1. The molecule has 0 saturated carbocycles. The summed E-state index contributed by atoms with van der Waals surface area (Å²) in [7, 11) is 1.71. The monoisotopic (exact) mass is 352 g/mol. The maximum Gasteiger partial charge on any atom is 0.387 e. The Hall–Kier alpha value is -2.54. The van der Waals surface area contributed by atoms with E-state index in [9.17, 15) is 18.0 Å². The van der Waals surface area contributed by atoms with Gasteiger partial charge in [-0.3, -0.25) is 9.69 Å². The van der Waals surface area contributed by atoms with E-state index in [2.05, 4.69) is 10.1 Å². The normalized spacial score (nSPS) is 12.3. The van der Waals surface area contributed by atoms with Gasteiger partial charge in [0.15, 0.2) is 0 Å². The summed E-state index contributed by atoms with van der Waals surface area (Å²) in [5.41, 5.74) is 0.825. The zero-order valence-corrected chi connectivity index (χ0v) is 13.9. The maximum absolute atomic E-state index is 13.6. The molecule has 0 radical (unpaired) electrons. The number of likely N-dealkylation sites (N-methyl/N-ethyl adjacent to an activating group) is 1. The maximum atomic E-state index is 13.6. The highest BCUT2D eigenvalue weighted by Crippen LogP contribution is 2.18. The van der Waals surface area contributed by atoms with Crippen LogP contribution in [0.1, 0.15) is 12.5 Å². The lowest BCUT2D eigenvalue weighted by molar-refractivity contribution is -0.120. The average Bonchev–Trinajstić information content (AvgIpc) is 2.55. The van der Waals surface area contributed by atoms with Gasteiger partial charge in [0.2, 0.25) is 5.91 Å². The molecule has 1 N–H and O–H groups in total. The first-order valence-corrected chi connectivity index (χ1v) is 7.66. The first-order chi connectivity index (χ1) is 11.9. The lowest BCUT2D eigenvalue weighted by atomic mass is 10.1. The predicted molar refractivity (Wildman–Crippen MR) is 89.0 cm³/mol. The fourth-order valence-corrected chi connectivity index (χ4v) is 2.24. The minimum absolute atomic E-state index is 0.0596. The largest absolute Gasteiger partial charge is 0.435 e. The molecule has 1 amide bonds. The summed E-state index contributed by atoms with van der Waals surface area (Å²) in [5, 5.41) is 2.53. The number of ether oxygens (including phenoxy) is 1. The van der Waals surface area contributed by atoms with Crippen molar-refractivity contribution in [2.45, 2.75) is 26.1 Å². The molecule has 0 saturated heterocycles. The molecule has 2 aromatic rings. The molecule has 2 rings (SSSR count). The van der Waals surface area contributed by atoms with Gasteiger partial charge in [-0.1, -0.05) is 24.3 Å². The minimum Gasteiger partial charge on any atom is -0.435 e. The Morgan fingerprint density at radius 2 is 1.92 bits per heavy atom. The van der Waals surface area contributed by atoms with Crippen LogP contribution in [0.15, 0.2) is 48.5 Å². The summed E-state index contributed by atoms with van der Waals surface area (Å²) in [6.07, 6.45) is 0. The van der Waals surface area contributed by atoms with Gasteiger partial charge in [-0.25, -0.2) is 4.39 Å². The third-order valence-electron chi connectivity index (χ3n) is 3.73. The van der Waals surface area contributed by atoms with E-state index in [-0.39, 0.29) is 17.3 Å². The van der Waals surface area contributed by atoms with Gasteiger partial charge in [-0.2, -0.15) is 8.78 Å². The van der Waals surface area contributed by atoms with Crippen molar-refractivity contribution in [2.24, 2.45) is 0 Å². The molecule has 1 atom stereocenters. The number of benzene rings is 2. The highest BCUT2D eigenvalue weighted by atomic mass is 19.3. The van der Waals surface area contributed by atoms with Gasteiger partial charge in [0, 0.05) is 6.54 Å². The zero-order chi connectivity index (χ0) is 18.4. The molecule has 1 unspecified atom stereocenters. The highest BCUT2D eigenvalue weighted by molar-refractivity contribution is 5.94. The van der Waals surface area contributed by atoms with E-state index in [0.29, 0.717) is 12.1 Å². The van der Waals surface area contributed by atoms with Crippen LogP contribution < -0.4 is 10.1 Å². The highest BCUT2D eigenvalue weighted by Gasteiger charge is 2.19. The second-order valence-corrected chi connectivity index (χ2v) is 5.59. The molecular weight excluding hydrogens is 333 g/mol. The van der Waals surface area contributed by atoms with Gasteiger partial charge < -0.3 is 10.1 Å². The number of hydrogen-bond donors (Lipinski definition) is 1. The van der Waals surface area contributed by atoms with Crippen LogP contribution in [-0.2, 0) is 11.3 Å². The smallest absolute Gasteiger partial charge is 0.387 e. The molecule has 0 aliphatic rings. The van der Waals surface area contributed by atoms with Crippen molar-refractivity contribution in [1.82, 2.24) is 4.90 Å². The van der Waals surface area contributed by atoms with Crippen molar-refractivity contribution in [3.8, 4) is 5.75 Å². The number of carbonyl (C=O) groups is 1. The molecule has 2 aromatic carbocycles. The van der Waals surface area contributed by atoms with E-state index < -0.39 is 18.5 Å². The topological polar surface area (TPSA) is 41.6 Å². The standard InChI is InChI=1S/C18H19F3N2O2/c1-12(17(24)22-16-9-4-3-8-15(16)19)23(2)11-13-6-5-7-14(10-13)25-18(20)21/h3-10,12,18H,11H2,1-2H3,(H,22,24). The molecule has 0 heterocycles. The van der Waals surface area contributed by atoms with E-state index in [4.69, 9.17) is 0 Å². The first kappa shape index (κ1) is 18.8. The van der Waals surface area contributed by atoms with Gasteiger partial charge in [0.05, 0.1) is 11.7 Å². The van der Waals surface area contributed by atoms with Crippen molar-refractivity contribution in [2.75, 3.05) is 12.4 Å². The summed E-state index contributed by atoms with van der Waals surface area (Å²) in [6, 6.07) is 11.6. The predicted octanol–water partition coefficient (Wildman–Crippen LogP) is 3.89. The first-order valence-electron chi connectivity index (χ1n) is 7.66. The fraction of sp³-hybridized carbons (Fsp3) is 0.278. The van der Waals surface area contributed by atoms with E-state index in [1.54, 1.807) is 37.1 Å². The molecule has 0 spiro atoms. The van der Waals surface area contributed by atoms with Crippen LogP contribution in [0.4, 0.5) is 18.9 Å². The van der Waals surface area contributed by atoms with Crippen molar-refractivity contribution in [1.29, 1.82) is 0 Å².